The maximum Gasteiger partial charge on any atom is 0.372 e. The summed E-state index contributed by atoms with van der Waals surface area (Å²) in [7, 11) is 1.37. The first-order chi connectivity index (χ1) is 10.2. The molecule has 0 aliphatic carbocycles. The van der Waals surface area contributed by atoms with Gasteiger partial charge in [-0.25, -0.2) is 4.79 Å². The Morgan fingerprint density at radius 1 is 1.00 bits per heavy atom. The number of aldehydes is 1. The number of esters is 1. The van der Waals surface area contributed by atoms with Gasteiger partial charge in [0.1, 0.15) is 6.29 Å². The number of aromatic nitrogens is 1. The number of pyridine rings is 1. The van der Waals surface area contributed by atoms with Crippen molar-refractivity contribution in [1.82, 2.24) is 0 Å². The van der Waals surface area contributed by atoms with Crippen LogP contribution in [0.1, 0.15) is 21.5 Å². The van der Waals surface area contributed by atoms with Gasteiger partial charge in [-0.1, -0.05) is 36.4 Å². The second-order valence-corrected chi connectivity index (χ2v) is 4.50. The van der Waals surface area contributed by atoms with E-state index in [-0.39, 0.29) is 29.5 Å². The van der Waals surface area contributed by atoms with Gasteiger partial charge in [-0.3, -0.25) is 4.79 Å². The van der Waals surface area contributed by atoms with E-state index in [0.29, 0.717) is 5.56 Å². The molecule has 1 heterocycles. The van der Waals surface area contributed by atoms with Crippen LogP contribution in [0.15, 0.2) is 48.8 Å². The first kappa shape index (κ1) is 17.8. The van der Waals surface area contributed by atoms with Crippen LogP contribution in [0.4, 0.5) is 0 Å². The Balaban J connectivity index is 0.00000242. The first-order valence-corrected chi connectivity index (χ1v) is 6.50. The van der Waals surface area contributed by atoms with Crippen LogP contribution >= 0.6 is 0 Å². The number of benzene rings is 1. The standard InChI is InChI=1S/C17H16NO3.BrH/c1-21-17(20)12-18-10-8-15(9-11-18)3-2-14-4-6-16(13-19)7-5-14;/h2-11,13H,12H2,1H3;1H/q+1;/p-1. The average molecular weight is 362 g/mol. The van der Waals surface area contributed by atoms with Crippen LogP contribution in [-0.2, 0) is 16.1 Å². The molecule has 0 saturated heterocycles. The van der Waals surface area contributed by atoms with Crippen LogP contribution in [0.25, 0.3) is 12.2 Å². The van der Waals surface area contributed by atoms with Crippen LogP contribution in [0.5, 0.6) is 0 Å². The highest BCUT2D eigenvalue weighted by Gasteiger charge is 2.07. The van der Waals surface area contributed by atoms with E-state index in [1.165, 1.54) is 7.11 Å². The number of ether oxygens (including phenoxy) is 1. The number of methoxy groups -OCH3 is 1. The van der Waals surface area contributed by atoms with Crippen molar-refractivity contribution >= 4 is 24.4 Å². The van der Waals surface area contributed by atoms with E-state index in [4.69, 9.17) is 0 Å². The van der Waals surface area contributed by atoms with Gasteiger partial charge in [0, 0.05) is 17.7 Å². The molecule has 2 aromatic rings. The molecule has 0 radical (unpaired) electrons. The Bertz CT molecular complexity index is 649. The number of hydrogen-bond donors (Lipinski definition) is 0. The van der Waals surface area contributed by atoms with E-state index in [2.05, 4.69) is 4.74 Å². The molecule has 5 heteroatoms. The average Bonchev–Trinajstić information content (AvgIpc) is 2.54. The van der Waals surface area contributed by atoms with E-state index in [9.17, 15) is 9.59 Å². The minimum atomic E-state index is -0.279. The maximum atomic E-state index is 11.1. The molecule has 0 saturated carbocycles. The van der Waals surface area contributed by atoms with Crippen molar-refractivity contribution in [2.75, 3.05) is 7.11 Å². The zero-order valence-electron chi connectivity index (χ0n) is 12.1. The summed E-state index contributed by atoms with van der Waals surface area (Å²) in [6.07, 6.45) is 8.41. The Morgan fingerprint density at radius 3 is 2.00 bits per heavy atom. The van der Waals surface area contributed by atoms with Crippen LogP contribution in [0.2, 0.25) is 0 Å². The zero-order valence-corrected chi connectivity index (χ0v) is 13.7. The SMILES string of the molecule is COC(=O)C[n+]1ccc(C=Cc2ccc(C=O)cc2)cc1.[Br-]. The molecule has 0 spiro atoms. The van der Waals surface area contributed by atoms with Gasteiger partial charge in [0.2, 0.25) is 6.54 Å². The number of rotatable bonds is 5. The smallest absolute Gasteiger partial charge is 0.372 e. The molecule has 0 unspecified atom stereocenters. The lowest BCUT2D eigenvalue weighted by Gasteiger charge is -1.97. The van der Waals surface area contributed by atoms with Crippen LogP contribution in [-0.4, -0.2) is 19.4 Å². The minimum absolute atomic E-state index is 0. The lowest BCUT2D eigenvalue weighted by Crippen LogP contribution is -3.00. The largest absolute Gasteiger partial charge is 1.00 e. The fourth-order valence-corrected chi connectivity index (χ4v) is 1.78. The molecule has 0 aliphatic heterocycles. The fraction of sp³-hybridized carbons (Fsp3) is 0.118. The summed E-state index contributed by atoms with van der Waals surface area (Å²) in [5.74, 6) is -0.279. The van der Waals surface area contributed by atoms with Crippen molar-refractivity contribution in [2.24, 2.45) is 0 Å². The molecule has 0 atom stereocenters. The molecule has 0 fully saturated rings. The van der Waals surface area contributed by atoms with Crippen molar-refractivity contribution in [3.8, 4) is 0 Å². The summed E-state index contributed by atoms with van der Waals surface area (Å²) in [5.41, 5.74) is 2.71. The molecule has 4 nitrogen and oxygen atoms in total. The van der Waals surface area contributed by atoms with Crippen molar-refractivity contribution in [2.45, 2.75) is 6.54 Å². The summed E-state index contributed by atoms with van der Waals surface area (Å²) in [6.45, 7) is 0.202. The molecule has 114 valence electrons. The topological polar surface area (TPSA) is 47.2 Å². The highest BCUT2D eigenvalue weighted by Crippen LogP contribution is 2.08. The number of carbonyl (C=O) groups excluding carboxylic acids is 2. The highest BCUT2D eigenvalue weighted by atomic mass is 79.9. The fourth-order valence-electron chi connectivity index (χ4n) is 1.78. The summed E-state index contributed by atoms with van der Waals surface area (Å²) in [4.78, 5) is 21.7. The van der Waals surface area contributed by atoms with Crippen molar-refractivity contribution in [3.63, 3.8) is 0 Å². The molecule has 1 aromatic carbocycles. The summed E-state index contributed by atoms with van der Waals surface area (Å²) in [6, 6.07) is 11.2. The monoisotopic (exact) mass is 361 g/mol. The van der Waals surface area contributed by atoms with Gasteiger partial charge in [-0.15, -0.1) is 0 Å². The lowest BCUT2D eigenvalue weighted by molar-refractivity contribution is -0.685. The maximum absolute atomic E-state index is 11.1. The summed E-state index contributed by atoms with van der Waals surface area (Å²) < 4.78 is 6.36. The third-order valence-electron chi connectivity index (χ3n) is 3.00. The molecule has 0 aliphatic rings. The van der Waals surface area contributed by atoms with E-state index in [0.717, 1.165) is 17.4 Å². The number of halogens is 1. The Morgan fingerprint density at radius 2 is 1.50 bits per heavy atom. The van der Waals surface area contributed by atoms with Crippen LogP contribution < -0.4 is 21.5 Å². The third kappa shape index (κ3) is 5.26. The summed E-state index contributed by atoms with van der Waals surface area (Å²) in [5, 5.41) is 0. The van der Waals surface area contributed by atoms with Gasteiger partial charge in [0.15, 0.2) is 12.4 Å². The van der Waals surface area contributed by atoms with Crippen molar-refractivity contribution in [3.05, 3.63) is 65.5 Å². The number of hydrogen-bond acceptors (Lipinski definition) is 3. The highest BCUT2D eigenvalue weighted by molar-refractivity contribution is 5.76. The predicted octanol–water partition coefficient (Wildman–Crippen LogP) is -0.866. The molecule has 0 bridgehead atoms. The molecule has 0 N–H and O–H groups in total. The van der Waals surface area contributed by atoms with Crippen LogP contribution in [0.3, 0.4) is 0 Å². The summed E-state index contributed by atoms with van der Waals surface area (Å²) >= 11 is 0. The van der Waals surface area contributed by atoms with E-state index >= 15 is 0 Å². The molecule has 1 aromatic heterocycles. The Labute approximate surface area is 139 Å². The molecular weight excluding hydrogens is 346 g/mol. The van der Waals surface area contributed by atoms with Gasteiger partial charge >= 0.3 is 5.97 Å². The molecule has 2 rings (SSSR count). The minimum Gasteiger partial charge on any atom is -1.00 e. The van der Waals surface area contributed by atoms with E-state index in [1.807, 2.05) is 48.8 Å². The molecule has 0 amide bonds. The van der Waals surface area contributed by atoms with Gasteiger partial charge in [-0.2, -0.15) is 4.57 Å². The van der Waals surface area contributed by atoms with Gasteiger partial charge in [-0.05, 0) is 11.1 Å². The Kier molecular flexibility index (Phi) is 7.19. The number of carbonyl (C=O) groups is 2. The lowest BCUT2D eigenvalue weighted by atomic mass is 10.1. The zero-order chi connectivity index (χ0) is 15.1. The van der Waals surface area contributed by atoms with E-state index < -0.39 is 0 Å². The third-order valence-corrected chi connectivity index (χ3v) is 3.00. The number of nitrogens with zero attached hydrogens (tertiary/aromatic N) is 1. The van der Waals surface area contributed by atoms with Crippen molar-refractivity contribution in [1.29, 1.82) is 0 Å². The predicted molar refractivity (Wildman–Crippen MR) is 79.4 cm³/mol. The normalized spacial score (nSPS) is 10.0. The second-order valence-electron chi connectivity index (χ2n) is 4.50. The van der Waals surface area contributed by atoms with Gasteiger partial charge in [0.25, 0.3) is 0 Å². The van der Waals surface area contributed by atoms with Gasteiger partial charge in [0.05, 0.1) is 7.11 Å². The quantitative estimate of drug-likeness (QED) is 0.395. The van der Waals surface area contributed by atoms with E-state index in [1.54, 1.807) is 16.7 Å². The van der Waals surface area contributed by atoms with Crippen molar-refractivity contribution < 1.29 is 35.9 Å². The molecular formula is C17H16BrNO3. The first-order valence-electron chi connectivity index (χ1n) is 6.50. The van der Waals surface area contributed by atoms with Gasteiger partial charge < -0.3 is 21.7 Å². The molecule has 22 heavy (non-hydrogen) atoms. The second kappa shape index (κ2) is 8.89. The van der Waals surface area contributed by atoms with Crippen LogP contribution in [0, 0.1) is 0 Å². The Hall–Kier alpha value is -2.27.